The molecule has 2 heterocycles. The molecule has 4 aromatic carbocycles. The van der Waals surface area contributed by atoms with Gasteiger partial charge in [0.2, 0.25) is 29.5 Å². The van der Waals surface area contributed by atoms with Crippen LogP contribution in [0, 0.1) is 17.8 Å². The molecule has 0 saturated carbocycles. The van der Waals surface area contributed by atoms with Crippen molar-refractivity contribution in [3.05, 3.63) is 135 Å². The second-order valence-corrected chi connectivity index (χ2v) is 30.8. The molecule has 12 N–H and O–H groups in total. The Balaban J connectivity index is 0.689. The fourth-order valence-electron chi connectivity index (χ4n) is 14.3. The van der Waals surface area contributed by atoms with Crippen molar-refractivity contribution in [2.24, 2.45) is 23.5 Å². The molecule has 5 aromatic rings. The van der Waals surface area contributed by atoms with Crippen LogP contribution in [0.5, 0.6) is 5.75 Å². The summed E-state index contributed by atoms with van der Waals surface area (Å²) >= 11 is 1.29. The molecule has 0 bridgehead atoms. The predicted octanol–water partition coefficient (Wildman–Crippen LogP) is 8.98. The number of aromatic hydroxyl groups is 1. The van der Waals surface area contributed by atoms with Crippen LogP contribution in [0.4, 0.5) is 24.9 Å². The van der Waals surface area contributed by atoms with E-state index in [0.29, 0.717) is 66.2 Å². The van der Waals surface area contributed by atoms with Gasteiger partial charge in [-0.2, -0.15) is 0 Å². The molecule has 1 unspecified atom stereocenters. The molecule has 0 spiro atoms. The number of carbonyl (C=O) groups is 10. The lowest BCUT2D eigenvalue weighted by Crippen LogP contribution is -2.58. The summed E-state index contributed by atoms with van der Waals surface area (Å²) in [5.41, 5.74) is 16.6. The number of anilines is 1. The van der Waals surface area contributed by atoms with Crippen LogP contribution in [0.15, 0.2) is 96.4 Å². The van der Waals surface area contributed by atoms with E-state index in [0.717, 1.165) is 54.5 Å². The monoisotopic (exact) mass is 1620 g/mol. The first-order valence-corrected chi connectivity index (χ1v) is 41.0. The lowest BCUT2D eigenvalue weighted by atomic mass is 9.79. The van der Waals surface area contributed by atoms with Gasteiger partial charge in [-0.3, -0.25) is 39.1 Å². The average molecular weight is 1620 g/mol. The first-order chi connectivity index (χ1) is 55.4. The van der Waals surface area contributed by atoms with Gasteiger partial charge in [-0.1, -0.05) is 135 Å². The van der Waals surface area contributed by atoms with Crippen LogP contribution in [-0.2, 0) is 70.2 Å². The fraction of sp³-hybridized carbons (Fsp3) is 0.554. The number of nitrogens with zero attached hydrogens (tertiary/aromatic N) is 3. The predicted molar refractivity (Wildman–Crippen MR) is 432 cm³/mol. The van der Waals surface area contributed by atoms with Crippen LogP contribution < -0.4 is 53.8 Å². The Morgan fingerprint density at radius 2 is 1.37 bits per heavy atom. The minimum Gasteiger partial charge on any atom is -0.508 e. The van der Waals surface area contributed by atoms with Crippen LogP contribution >= 0.6 is 11.3 Å². The van der Waals surface area contributed by atoms with E-state index in [1.165, 1.54) is 23.5 Å². The molecule has 1 aromatic heterocycles. The summed E-state index contributed by atoms with van der Waals surface area (Å²) in [6, 6.07) is 22.4. The SMILES string of the molecule is CCCO[C@H](C[C@H](C(C)C)N(CCC)C(=O)[C@@H](NC(=O)[C@H]1CCCCN1C)[C@@H](C)CC)c1nc(C(=O)NC2Cc3ccc(O)cc3[C@H](C(=O)NNC(=O)OCCOCCOCCOCCNC(=O)OCc3ccc(NC(=O)[C@H](CCCNC(N)=O)NC(=O)[C@@H](NC(=O)OCC4c5ccccc5-c5ccccc54)C(C)C)cc3)C2)cs1. The first kappa shape index (κ1) is 90.5. The Morgan fingerprint density at radius 3 is 2.02 bits per heavy atom. The van der Waals surface area contributed by atoms with E-state index in [1.54, 1.807) is 49.6 Å². The van der Waals surface area contributed by atoms with Crippen molar-refractivity contribution in [1.82, 2.24) is 57.5 Å². The van der Waals surface area contributed by atoms with Crippen LogP contribution in [0.25, 0.3) is 11.1 Å². The topological polar surface area (TPSA) is 409 Å². The van der Waals surface area contributed by atoms with E-state index in [4.69, 9.17) is 43.9 Å². The lowest BCUT2D eigenvalue weighted by molar-refractivity contribution is -0.143. The highest BCUT2D eigenvalue weighted by molar-refractivity contribution is 7.09. The number of hydrazine groups is 1. The number of hydrogen-bond acceptors (Lipinski definition) is 21. The van der Waals surface area contributed by atoms with Gasteiger partial charge in [0.05, 0.1) is 51.6 Å². The quantitative estimate of drug-likeness (QED) is 0.00983. The number of likely N-dealkylation sites (N-methyl/N-ethyl adjacent to an activating group) is 1. The number of aromatic nitrogens is 1. The van der Waals surface area contributed by atoms with Crippen LogP contribution in [0.1, 0.15) is 181 Å². The summed E-state index contributed by atoms with van der Waals surface area (Å²) in [5.74, 6) is -4.13. The molecular weight excluding hydrogens is 1500 g/mol. The van der Waals surface area contributed by atoms with Crippen molar-refractivity contribution < 1.29 is 86.2 Å². The average Bonchev–Trinajstić information content (AvgIpc) is 1.66. The van der Waals surface area contributed by atoms with E-state index in [2.05, 4.69) is 66.8 Å². The number of thiazole rings is 1. The number of piperidine rings is 1. The number of likely N-dealkylation sites (tertiary alicyclic amines) is 1. The number of phenols is 1. The zero-order chi connectivity index (χ0) is 82.9. The van der Waals surface area contributed by atoms with E-state index in [9.17, 15) is 53.1 Å². The minimum absolute atomic E-state index is 0.000329. The van der Waals surface area contributed by atoms with E-state index >= 15 is 0 Å². The molecule has 1 saturated heterocycles. The molecule has 31 nitrogen and oxygen atoms in total. The summed E-state index contributed by atoms with van der Waals surface area (Å²) in [7, 11) is 1.96. The lowest BCUT2D eigenvalue weighted by Gasteiger charge is -2.40. The third-order valence-corrected chi connectivity index (χ3v) is 21.6. The molecule has 3 aliphatic rings. The molecule has 32 heteroatoms. The third kappa shape index (κ3) is 27.6. The summed E-state index contributed by atoms with van der Waals surface area (Å²) in [6.07, 6.45) is 3.14. The van der Waals surface area contributed by atoms with Crippen molar-refractivity contribution >= 4 is 76.8 Å². The van der Waals surface area contributed by atoms with Gasteiger partial charge in [0.1, 0.15) is 60.5 Å². The van der Waals surface area contributed by atoms with E-state index in [1.807, 2.05) is 88.2 Å². The molecule has 115 heavy (non-hydrogen) atoms. The van der Waals surface area contributed by atoms with Crippen molar-refractivity contribution in [3.63, 3.8) is 0 Å². The summed E-state index contributed by atoms with van der Waals surface area (Å²) in [4.78, 5) is 143. The van der Waals surface area contributed by atoms with Gasteiger partial charge in [0.15, 0.2) is 0 Å². The van der Waals surface area contributed by atoms with Gasteiger partial charge in [-0.25, -0.2) is 29.6 Å². The first-order valence-electron chi connectivity index (χ1n) is 40.1. The molecule has 0 radical (unpaired) electrons. The smallest absolute Gasteiger partial charge is 0.426 e. The number of phenolic OH excluding ortho intramolecular Hbond substituents is 1. The number of alkyl carbamates (subject to hydrolysis) is 2. The van der Waals surface area contributed by atoms with Crippen LogP contribution in [0.3, 0.4) is 0 Å². The maximum atomic E-state index is 14.9. The summed E-state index contributed by atoms with van der Waals surface area (Å²) in [6.45, 7) is 18.6. The highest BCUT2D eigenvalue weighted by Gasteiger charge is 2.40. The van der Waals surface area contributed by atoms with Crippen LogP contribution in [-0.4, -0.2) is 209 Å². The molecule has 1 aliphatic heterocycles. The molecule has 11 amide bonds. The third-order valence-electron chi connectivity index (χ3n) is 20.7. The zero-order valence-electron chi connectivity index (χ0n) is 67.6. The molecule has 1 fully saturated rings. The van der Waals surface area contributed by atoms with Crippen molar-refractivity contribution in [2.45, 2.75) is 187 Å². The maximum absolute atomic E-state index is 14.9. The van der Waals surface area contributed by atoms with Crippen molar-refractivity contribution in [3.8, 4) is 16.9 Å². The normalized spacial score (nSPS) is 16.7. The van der Waals surface area contributed by atoms with Crippen molar-refractivity contribution in [1.29, 1.82) is 0 Å². The number of hydrogen-bond donors (Lipinski definition) is 11. The number of primary amides is 1. The zero-order valence-corrected chi connectivity index (χ0v) is 68.4. The highest BCUT2D eigenvalue weighted by Crippen LogP contribution is 2.45. The minimum atomic E-state index is -1.09. The Hall–Kier alpha value is -9.99. The fourth-order valence-corrected chi connectivity index (χ4v) is 15.2. The number of rotatable bonds is 44. The molecule has 9 atom stereocenters. The number of carbonyl (C=O) groups excluding carboxylic acids is 10. The number of ether oxygens (including phenoxy) is 7. The maximum Gasteiger partial charge on any atom is 0.426 e. The number of fused-ring (bicyclic) bond motifs is 4. The number of amides is 11. The molecule has 8 rings (SSSR count). The Kier molecular flexibility index (Phi) is 36.6. The number of urea groups is 1. The molecular formula is C83H117N13O18S. The van der Waals surface area contributed by atoms with Gasteiger partial charge >= 0.3 is 24.3 Å². The largest absolute Gasteiger partial charge is 0.508 e. The molecule has 628 valence electrons. The standard InChI is InChI=1S/C83H117N13O18S/c1-10-34-96(79(103)72(53(8)12-3)91-76(101)68-25-17-18-35-95(68)9)69(51(4)5)47-70(111-36-11-2)78-90-67(50-115-78)75(100)88-57-44-55-28-31-58(97)46-63(55)64(45-57)73(98)93-94-83(107)112-43-42-110-41-40-109-39-38-108-37-33-86-81(105)113-48-54-26-29-56(30-27-54)87-74(99)66(24-19-32-85-80(84)104)89-77(102)71(52(6)7)92-82(106)114-49-65-61-22-15-13-20-59(61)60-21-14-16-23-62(60)65/h13-16,20-23,26-31,46,50-53,57,64-66,68-72,97H,10-12,17-19,24-25,32-45,47-49H2,1-9H3,(H,86,105)(H,87,99)(H,88,100)(H,89,102)(H,91,101)(H,92,106)(H,93,98)(H,94,107)(H3,84,85,104)/t53-,57?,64+,66-,68+,69+,70+,71-,72-/m0/s1. The second kappa shape index (κ2) is 46.5. The van der Waals surface area contributed by atoms with Gasteiger partial charge < -0.3 is 86.1 Å². The summed E-state index contributed by atoms with van der Waals surface area (Å²) < 4.78 is 39.4. The number of benzene rings is 4. The second-order valence-electron chi connectivity index (χ2n) is 29.9. The summed E-state index contributed by atoms with van der Waals surface area (Å²) in [5, 5.41) is 32.3. The van der Waals surface area contributed by atoms with Gasteiger partial charge in [0.25, 0.3) is 5.91 Å². The van der Waals surface area contributed by atoms with Crippen molar-refractivity contribution in [2.75, 3.05) is 98.0 Å². The van der Waals surface area contributed by atoms with Gasteiger partial charge in [-0.05, 0) is 146 Å². The van der Waals surface area contributed by atoms with Gasteiger partial charge in [-0.15, -0.1) is 11.3 Å². The van der Waals surface area contributed by atoms with E-state index in [-0.39, 0.29) is 145 Å². The Bertz CT molecular complexity index is 3970. The molecule has 2 aliphatic carbocycles. The van der Waals surface area contributed by atoms with E-state index < -0.39 is 90.0 Å². The Labute approximate surface area is 677 Å². The number of nitrogens with one attached hydrogen (secondary N) is 9. The number of nitrogens with two attached hydrogens (primary N) is 1. The highest BCUT2D eigenvalue weighted by atomic mass is 32.1. The Morgan fingerprint density at radius 1 is 0.678 bits per heavy atom. The van der Waals surface area contributed by atoms with Gasteiger partial charge in [0, 0.05) is 61.7 Å². The van der Waals surface area contributed by atoms with Crippen LogP contribution in [0.2, 0.25) is 0 Å².